The number of nitrogens with one attached hydrogen (secondary N) is 1. The Kier molecular flexibility index (Phi) is 4.60. The van der Waals surface area contributed by atoms with E-state index in [1.807, 2.05) is 19.1 Å². The molecule has 3 nitrogen and oxygen atoms in total. The summed E-state index contributed by atoms with van der Waals surface area (Å²) < 4.78 is 19.1. The smallest absolute Gasteiger partial charge is 0.132 e. The summed E-state index contributed by atoms with van der Waals surface area (Å²) in [6, 6.07) is 9.73. The van der Waals surface area contributed by atoms with Crippen LogP contribution in [-0.2, 0) is 0 Å². The Morgan fingerprint density at radius 1 is 1.25 bits per heavy atom. The van der Waals surface area contributed by atoms with Gasteiger partial charge in [-0.15, -0.1) is 0 Å². The highest BCUT2D eigenvalue weighted by Crippen LogP contribution is 2.29. The maximum atomic E-state index is 14.1. The first-order valence-corrected chi connectivity index (χ1v) is 6.50. The second-order valence-electron chi connectivity index (χ2n) is 4.50. The highest BCUT2D eigenvalue weighted by atomic mass is 35.5. The standard InChI is InChI=1S/C15H16ClFN2O/c1-9-3-4-10(7-13(9)16)15(19-18)12-6-5-11(20-2)8-14(12)17/h3-8,15,19H,18H2,1-2H3. The monoisotopic (exact) mass is 294 g/mol. The first-order chi connectivity index (χ1) is 9.56. The number of nitrogens with two attached hydrogens (primary N) is 1. The molecule has 1 unspecified atom stereocenters. The van der Waals surface area contributed by atoms with Crippen molar-refractivity contribution in [1.29, 1.82) is 0 Å². The number of hydrogen-bond acceptors (Lipinski definition) is 3. The van der Waals surface area contributed by atoms with Gasteiger partial charge in [-0.05, 0) is 30.2 Å². The topological polar surface area (TPSA) is 47.3 Å². The minimum atomic E-state index is -0.473. The maximum absolute atomic E-state index is 14.1. The number of hydrogen-bond donors (Lipinski definition) is 2. The third-order valence-electron chi connectivity index (χ3n) is 3.21. The van der Waals surface area contributed by atoms with Gasteiger partial charge in [0.15, 0.2) is 0 Å². The Hall–Kier alpha value is -1.62. The average Bonchev–Trinajstić information content (AvgIpc) is 2.45. The van der Waals surface area contributed by atoms with E-state index in [0.29, 0.717) is 16.3 Å². The third kappa shape index (κ3) is 2.93. The van der Waals surface area contributed by atoms with E-state index in [9.17, 15) is 4.39 Å². The molecule has 0 radical (unpaired) electrons. The second kappa shape index (κ2) is 6.22. The van der Waals surface area contributed by atoms with E-state index < -0.39 is 6.04 Å². The van der Waals surface area contributed by atoms with Crippen LogP contribution in [0.3, 0.4) is 0 Å². The zero-order chi connectivity index (χ0) is 14.7. The number of benzene rings is 2. The van der Waals surface area contributed by atoms with Crippen molar-refractivity contribution in [1.82, 2.24) is 5.43 Å². The molecule has 0 saturated carbocycles. The molecule has 0 heterocycles. The lowest BCUT2D eigenvalue weighted by molar-refractivity contribution is 0.410. The molecule has 5 heteroatoms. The SMILES string of the molecule is COc1ccc(C(NN)c2ccc(C)c(Cl)c2)c(F)c1. The molecule has 0 aliphatic carbocycles. The van der Waals surface area contributed by atoms with Crippen LogP contribution in [0.2, 0.25) is 5.02 Å². The molecule has 2 aromatic rings. The summed E-state index contributed by atoms with van der Waals surface area (Å²) in [7, 11) is 1.49. The summed E-state index contributed by atoms with van der Waals surface area (Å²) in [5.74, 6) is 5.65. The van der Waals surface area contributed by atoms with Gasteiger partial charge in [0, 0.05) is 16.7 Å². The van der Waals surface area contributed by atoms with Gasteiger partial charge in [-0.3, -0.25) is 5.84 Å². The quantitative estimate of drug-likeness (QED) is 0.671. The van der Waals surface area contributed by atoms with E-state index >= 15 is 0 Å². The van der Waals surface area contributed by atoms with E-state index in [2.05, 4.69) is 5.43 Å². The lowest BCUT2D eigenvalue weighted by Crippen LogP contribution is -2.29. The fraction of sp³-hybridized carbons (Fsp3) is 0.200. The normalized spacial score (nSPS) is 12.2. The van der Waals surface area contributed by atoms with Crippen molar-refractivity contribution in [3.8, 4) is 5.75 Å². The lowest BCUT2D eigenvalue weighted by atomic mass is 9.98. The summed E-state index contributed by atoms with van der Waals surface area (Å²) in [5.41, 5.74) is 4.82. The van der Waals surface area contributed by atoms with Crippen LogP contribution >= 0.6 is 11.6 Å². The van der Waals surface area contributed by atoms with Crippen LogP contribution in [0.25, 0.3) is 0 Å². The van der Waals surface area contributed by atoms with Crippen LogP contribution < -0.4 is 16.0 Å². The van der Waals surface area contributed by atoms with Gasteiger partial charge < -0.3 is 4.74 Å². The van der Waals surface area contributed by atoms with Crippen molar-refractivity contribution in [3.05, 3.63) is 63.9 Å². The van der Waals surface area contributed by atoms with Crippen LogP contribution in [0.5, 0.6) is 5.75 Å². The molecule has 0 bridgehead atoms. The van der Waals surface area contributed by atoms with E-state index in [0.717, 1.165) is 11.1 Å². The van der Waals surface area contributed by atoms with Crippen molar-refractivity contribution in [2.75, 3.05) is 7.11 Å². The summed E-state index contributed by atoms with van der Waals surface area (Å²) in [6.45, 7) is 1.91. The summed E-state index contributed by atoms with van der Waals surface area (Å²) in [4.78, 5) is 0. The van der Waals surface area contributed by atoms with Crippen LogP contribution in [0.1, 0.15) is 22.7 Å². The predicted molar refractivity (Wildman–Crippen MR) is 78.3 cm³/mol. The van der Waals surface area contributed by atoms with E-state index in [4.69, 9.17) is 22.2 Å². The number of ether oxygens (including phenoxy) is 1. The molecule has 0 saturated heterocycles. The molecule has 106 valence electrons. The van der Waals surface area contributed by atoms with E-state index in [1.54, 1.807) is 18.2 Å². The van der Waals surface area contributed by atoms with Crippen LogP contribution in [0.4, 0.5) is 4.39 Å². The van der Waals surface area contributed by atoms with Crippen LogP contribution in [0, 0.1) is 12.7 Å². The predicted octanol–water partition coefficient (Wildman–Crippen LogP) is 3.35. The highest BCUT2D eigenvalue weighted by molar-refractivity contribution is 6.31. The molecule has 2 rings (SSSR count). The minimum Gasteiger partial charge on any atom is -0.497 e. The molecule has 0 fully saturated rings. The minimum absolute atomic E-state index is 0.385. The molecule has 0 aliphatic rings. The van der Waals surface area contributed by atoms with Gasteiger partial charge in [-0.1, -0.05) is 29.8 Å². The molecular weight excluding hydrogens is 279 g/mol. The number of methoxy groups -OCH3 is 1. The van der Waals surface area contributed by atoms with Crippen molar-refractivity contribution in [3.63, 3.8) is 0 Å². The van der Waals surface area contributed by atoms with Gasteiger partial charge in [-0.2, -0.15) is 0 Å². The van der Waals surface area contributed by atoms with Crippen LogP contribution in [0.15, 0.2) is 36.4 Å². The Morgan fingerprint density at radius 3 is 2.55 bits per heavy atom. The Bertz CT molecular complexity index is 619. The highest BCUT2D eigenvalue weighted by Gasteiger charge is 2.17. The molecule has 20 heavy (non-hydrogen) atoms. The number of hydrazine groups is 1. The van der Waals surface area contributed by atoms with Gasteiger partial charge in [0.1, 0.15) is 11.6 Å². The summed E-state index contributed by atoms with van der Waals surface area (Å²) in [6.07, 6.45) is 0. The van der Waals surface area contributed by atoms with Crippen molar-refractivity contribution >= 4 is 11.6 Å². The van der Waals surface area contributed by atoms with E-state index in [1.165, 1.54) is 13.2 Å². The molecule has 0 aliphatic heterocycles. The molecular formula is C15H16ClFN2O. The van der Waals surface area contributed by atoms with Gasteiger partial charge >= 0.3 is 0 Å². The number of rotatable bonds is 4. The molecule has 0 aromatic heterocycles. The second-order valence-corrected chi connectivity index (χ2v) is 4.90. The Balaban J connectivity index is 2.43. The zero-order valence-corrected chi connectivity index (χ0v) is 12.0. The van der Waals surface area contributed by atoms with Crippen molar-refractivity contribution < 1.29 is 9.13 Å². The Labute approximate surface area is 122 Å². The molecule has 0 spiro atoms. The molecule has 1 atom stereocenters. The van der Waals surface area contributed by atoms with Gasteiger partial charge in [0.2, 0.25) is 0 Å². The number of halogens is 2. The summed E-state index contributed by atoms with van der Waals surface area (Å²) >= 11 is 6.11. The molecule has 2 aromatic carbocycles. The van der Waals surface area contributed by atoms with E-state index in [-0.39, 0.29) is 5.82 Å². The maximum Gasteiger partial charge on any atom is 0.132 e. The first kappa shape index (κ1) is 14.8. The van der Waals surface area contributed by atoms with Crippen LogP contribution in [-0.4, -0.2) is 7.11 Å². The average molecular weight is 295 g/mol. The van der Waals surface area contributed by atoms with Gasteiger partial charge in [0.05, 0.1) is 13.2 Å². The lowest BCUT2D eigenvalue weighted by Gasteiger charge is -2.18. The van der Waals surface area contributed by atoms with Gasteiger partial charge in [-0.25, -0.2) is 9.82 Å². The first-order valence-electron chi connectivity index (χ1n) is 6.12. The Morgan fingerprint density at radius 2 is 2.00 bits per heavy atom. The number of aryl methyl sites for hydroxylation is 1. The van der Waals surface area contributed by atoms with Crippen molar-refractivity contribution in [2.45, 2.75) is 13.0 Å². The fourth-order valence-electron chi connectivity index (χ4n) is 2.02. The molecule has 0 amide bonds. The van der Waals surface area contributed by atoms with Crippen molar-refractivity contribution in [2.24, 2.45) is 5.84 Å². The fourth-order valence-corrected chi connectivity index (χ4v) is 2.21. The summed E-state index contributed by atoms with van der Waals surface area (Å²) in [5, 5.41) is 0.622. The largest absolute Gasteiger partial charge is 0.497 e. The zero-order valence-electron chi connectivity index (χ0n) is 11.3. The van der Waals surface area contributed by atoms with Gasteiger partial charge in [0.25, 0.3) is 0 Å². The third-order valence-corrected chi connectivity index (χ3v) is 3.62. The molecule has 3 N–H and O–H groups in total.